The van der Waals surface area contributed by atoms with Crippen LogP contribution in [0, 0.1) is 11.6 Å². The Morgan fingerprint density at radius 1 is 1.02 bits per heavy atom. The second-order valence-electron chi connectivity index (χ2n) is 12.3. The third kappa shape index (κ3) is 4.24. The number of piperazine rings is 1. The van der Waals surface area contributed by atoms with Crippen molar-refractivity contribution in [3.63, 3.8) is 0 Å². The number of phenols is 1. The van der Waals surface area contributed by atoms with Crippen LogP contribution in [0.1, 0.15) is 32.1 Å². The molecule has 8 rings (SSSR count). The number of aromatic hydroxyl groups is 1. The molecule has 4 atom stereocenters. The molecule has 2 N–H and O–H groups in total. The number of benzene rings is 2. The van der Waals surface area contributed by atoms with Crippen molar-refractivity contribution in [3.8, 4) is 23.0 Å². The molecule has 4 saturated heterocycles. The molecule has 4 aromatic rings. The van der Waals surface area contributed by atoms with Crippen LogP contribution in [0.3, 0.4) is 0 Å². The monoisotopic (exact) mass is 576 g/mol. The second-order valence-corrected chi connectivity index (χ2v) is 12.3. The Morgan fingerprint density at radius 2 is 1.86 bits per heavy atom. The van der Waals surface area contributed by atoms with Gasteiger partial charge in [-0.2, -0.15) is 9.97 Å². The van der Waals surface area contributed by atoms with E-state index in [0.717, 1.165) is 32.2 Å². The highest BCUT2D eigenvalue weighted by Crippen LogP contribution is 2.41. The Morgan fingerprint density at radius 3 is 2.69 bits per heavy atom. The zero-order chi connectivity index (χ0) is 28.6. The molecule has 11 heteroatoms. The summed E-state index contributed by atoms with van der Waals surface area (Å²) in [5.41, 5.74) is -0.168. The van der Waals surface area contributed by atoms with Crippen molar-refractivity contribution >= 4 is 27.6 Å². The van der Waals surface area contributed by atoms with Crippen molar-refractivity contribution in [1.82, 2.24) is 25.2 Å². The average molecular weight is 577 g/mol. The molecule has 42 heavy (non-hydrogen) atoms. The fourth-order valence-electron chi connectivity index (χ4n) is 7.66. The highest BCUT2D eigenvalue weighted by Gasteiger charge is 2.49. The van der Waals surface area contributed by atoms with Crippen LogP contribution >= 0.6 is 0 Å². The highest BCUT2D eigenvalue weighted by atomic mass is 19.1. The minimum Gasteiger partial charge on any atom is -0.508 e. The Balaban J connectivity index is 1.25. The first-order valence-electron chi connectivity index (χ1n) is 14.7. The van der Waals surface area contributed by atoms with Crippen LogP contribution in [0.2, 0.25) is 0 Å². The number of hydrogen-bond acceptors (Lipinski definition) is 8. The van der Waals surface area contributed by atoms with Crippen LogP contribution in [-0.4, -0.2) is 81.5 Å². The molecule has 0 saturated carbocycles. The number of rotatable bonds is 5. The standard InChI is InChI=1S/C31H31F3N6O2/c32-18-12-31(7-2-8-40(31)13-18)16-42-30-37-28-23(29(38-30)39-14-19-5-6-20(15-39)35-19)11-25(34)27(36-28)22-10-21(41)9-17-3-1-4-24(33)26(17)22/h1,3-4,9-11,18-20,35,41H,2,5-8,12-16H2/t18-,19?,20?,31+/m1/s1. The Kier molecular flexibility index (Phi) is 5.98. The SMILES string of the molecule is Oc1cc(-c2nc3nc(OC[C@@]45CCCN4C[C@H](F)C5)nc(N4CC5CCC(C4)N5)c3cc2F)c2c(F)cccc2c1. The largest absolute Gasteiger partial charge is 0.508 e. The lowest BCUT2D eigenvalue weighted by molar-refractivity contribution is 0.107. The summed E-state index contributed by atoms with van der Waals surface area (Å²) in [5.74, 6) is -0.810. The number of halogens is 3. The van der Waals surface area contributed by atoms with Gasteiger partial charge in [-0.15, -0.1) is 0 Å². The molecule has 0 radical (unpaired) electrons. The van der Waals surface area contributed by atoms with Gasteiger partial charge < -0.3 is 20.1 Å². The molecule has 4 fully saturated rings. The zero-order valence-electron chi connectivity index (χ0n) is 23.0. The molecule has 0 aliphatic carbocycles. The van der Waals surface area contributed by atoms with Gasteiger partial charge in [-0.05, 0) is 61.9 Å². The van der Waals surface area contributed by atoms with Gasteiger partial charge in [0.15, 0.2) is 5.65 Å². The fourth-order valence-corrected chi connectivity index (χ4v) is 7.66. The second kappa shape index (κ2) is 9.67. The number of fused-ring (bicyclic) bond motifs is 5. The smallest absolute Gasteiger partial charge is 0.320 e. The number of anilines is 1. The third-order valence-electron chi connectivity index (χ3n) is 9.51. The molecule has 2 bridgehead atoms. The first-order chi connectivity index (χ1) is 20.3. The average Bonchev–Trinajstić information content (AvgIpc) is 3.61. The number of alkyl halides is 1. The first-order valence-corrected chi connectivity index (χ1v) is 14.7. The van der Waals surface area contributed by atoms with Crippen LogP contribution < -0.4 is 15.0 Å². The van der Waals surface area contributed by atoms with Crippen LogP contribution in [0.4, 0.5) is 19.0 Å². The van der Waals surface area contributed by atoms with E-state index in [9.17, 15) is 9.50 Å². The molecule has 8 nitrogen and oxygen atoms in total. The van der Waals surface area contributed by atoms with Crippen molar-refractivity contribution in [1.29, 1.82) is 0 Å². The lowest BCUT2D eigenvalue weighted by Gasteiger charge is -2.34. The summed E-state index contributed by atoms with van der Waals surface area (Å²) in [6.45, 7) is 2.91. The van der Waals surface area contributed by atoms with Gasteiger partial charge >= 0.3 is 6.01 Å². The number of pyridine rings is 1. The fraction of sp³-hybridized carbons (Fsp3) is 0.452. The van der Waals surface area contributed by atoms with Crippen molar-refractivity contribution in [3.05, 3.63) is 48.0 Å². The minimum absolute atomic E-state index is 0.101. The number of hydrogen-bond donors (Lipinski definition) is 2. The number of nitrogens with one attached hydrogen (secondary N) is 1. The van der Waals surface area contributed by atoms with E-state index in [1.807, 2.05) is 0 Å². The number of phenolic OH excluding ortho intramolecular Hbond substituents is 1. The molecule has 4 aliphatic rings. The topological polar surface area (TPSA) is 86.6 Å². The van der Waals surface area contributed by atoms with E-state index in [0.29, 0.717) is 54.7 Å². The summed E-state index contributed by atoms with van der Waals surface area (Å²) in [6, 6.07) is 9.30. The van der Waals surface area contributed by atoms with E-state index in [1.54, 1.807) is 6.07 Å². The predicted molar refractivity (Wildman–Crippen MR) is 153 cm³/mol. The van der Waals surface area contributed by atoms with Gasteiger partial charge in [0, 0.05) is 49.1 Å². The number of aromatic nitrogens is 3. The maximum Gasteiger partial charge on any atom is 0.320 e. The molecule has 0 amide bonds. The van der Waals surface area contributed by atoms with Crippen molar-refractivity contribution in [2.24, 2.45) is 0 Å². The molecule has 4 aliphatic heterocycles. The van der Waals surface area contributed by atoms with E-state index >= 15 is 8.78 Å². The molecular weight excluding hydrogens is 545 g/mol. The van der Waals surface area contributed by atoms with Crippen LogP contribution in [0.5, 0.6) is 11.8 Å². The van der Waals surface area contributed by atoms with E-state index in [-0.39, 0.29) is 46.2 Å². The van der Waals surface area contributed by atoms with Crippen molar-refractivity contribution in [2.75, 3.05) is 37.7 Å². The minimum atomic E-state index is -0.886. The molecule has 2 unspecified atom stereocenters. The summed E-state index contributed by atoms with van der Waals surface area (Å²) in [4.78, 5) is 18.3. The van der Waals surface area contributed by atoms with Crippen LogP contribution in [0.25, 0.3) is 33.1 Å². The molecule has 6 heterocycles. The summed E-state index contributed by atoms with van der Waals surface area (Å²) in [5, 5.41) is 15.0. The summed E-state index contributed by atoms with van der Waals surface area (Å²) in [6.07, 6.45) is 3.48. The van der Waals surface area contributed by atoms with E-state index < -0.39 is 17.8 Å². The number of ether oxygens (including phenoxy) is 1. The predicted octanol–water partition coefficient (Wildman–Crippen LogP) is 4.72. The van der Waals surface area contributed by atoms with Gasteiger partial charge in [0.1, 0.15) is 41.7 Å². The van der Waals surface area contributed by atoms with Gasteiger partial charge in [-0.25, -0.2) is 18.2 Å². The lowest BCUT2D eigenvalue weighted by atomic mass is 9.95. The van der Waals surface area contributed by atoms with Crippen molar-refractivity contribution in [2.45, 2.75) is 55.9 Å². The van der Waals surface area contributed by atoms with Gasteiger partial charge in [0.05, 0.1) is 10.9 Å². The lowest BCUT2D eigenvalue weighted by Crippen LogP contribution is -2.51. The quantitative estimate of drug-likeness (QED) is 0.353. The van der Waals surface area contributed by atoms with E-state index in [4.69, 9.17) is 9.72 Å². The summed E-state index contributed by atoms with van der Waals surface area (Å²) < 4.78 is 51.6. The molecular formula is C31H31F3N6O2. The van der Waals surface area contributed by atoms with Gasteiger partial charge in [-0.1, -0.05) is 12.1 Å². The summed E-state index contributed by atoms with van der Waals surface area (Å²) >= 11 is 0. The Hall–Kier alpha value is -3.70. The third-order valence-corrected chi connectivity index (χ3v) is 9.51. The van der Waals surface area contributed by atoms with Gasteiger partial charge in [-0.3, -0.25) is 4.90 Å². The van der Waals surface area contributed by atoms with Gasteiger partial charge in [0.25, 0.3) is 0 Å². The highest BCUT2D eigenvalue weighted by molar-refractivity contribution is 5.99. The molecule has 2 aromatic heterocycles. The number of nitrogens with zero attached hydrogens (tertiary/aromatic N) is 5. The Bertz CT molecular complexity index is 1710. The Labute approximate surface area is 240 Å². The van der Waals surface area contributed by atoms with Gasteiger partial charge in [0.2, 0.25) is 0 Å². The van der Waals surface area contributed by atoms with E-state index in [2.05, 4.69) is 25.1 Å². The molecule has 218 valence electrons. The van der Waals surface area contributed by atoms with Crippen LogP contribution in [0.15, 0.2) is 36.4 Å². The van der Waals surface area contributed by atoms with Crippen molar-refractivity contribution < 1.29 is 23.0 Å². The molecule has 2 aromatic carbocycles. The summed E-state index contributed by atoms with van der Waals surface area (Å²) in [7, 11) is 0. The molecule has 0 spiro atoms. The zero-order valence-corrected chi connectivity index (χ0v) is 23.0. The maximum atomic E-state index is 15.9. The normalized spacial score (nSPS) is 27.3. The van der Waals surface area contributed by atoms with Crippen LogP contribution in [-0.2, 0) is 0 Å². The van der Waals surface area contributed by atoms with E-state index in [1.165, 1.54) is 30.3 Å². The maximum absolute atomic E-state index is 15.9. The first kappa shape index (κ1) is 26.0.